The van der Waals surface area contributed by atoms with Crippen molar-refractivity contribution in [2.75, 3.05) is 13.2 Å². The molecule has 3 fully saturated rings. The van der Waals surface area contributed by atoms with E-state index in [0.717, 1.165) is 0 Å². The van der Waals surface area contributed by atoms with Crippen LogP contribution in [0.2, 0.25) is 0 Å². The average Bonchev–Trinajstić information content (AvgIpc) is 2.79. The molecule has 15 heteroatoms. The summed E-state index contributed by atoms with van der Waals surface area (Å²) >= 11 is 0. The first-order valence-electron chi connectivity index (χ1n) is 10.3. The van der Waals surface area contributed by atoms with Crippen molar-refractivity contribution in [3.05, 3.63) is 6.61 Å². The third kappa shape index (κ3) is 4.53. The van der Waals surface area contributed by atoms with Gasteiger partial charge in [-0.05, 0) is 0 Å². The molecule has 3 rings (SSSR count). The van der Waals surface area contributed by atoms with E-state index in [2.05, 4.69) is 0 Å². The van der Waals surface area contributed by atoms with Crippen molar-refractivity contribution in [3.63, 3.8) is 0 Å². The minimum absolute atomic E-state index is 0.509. The molecule has 0 aromatic rings. The van der Waals surface area contributed by atoms with Gasteiger partial charge in [-0.25, -0.2) is 0 Å². The highest BCUT2D eigenvalue weighted by atomic mass is 16.6. The van der Waals surface area contributed by atoms with Crippen molar-refractivity contribution in [1.82, 2.24) is 0 Å². The van der Waals surface area contributed by atoms with Crippen LogP contribution in [0.1, 0.15) is 0 Å². The van der Waals surface area contributed by atoms with Crippen LogP contribution in [0.15, 0.2) is 0 Å². The van der Waals surface area contributed by atoms with E-state index in [9.17, 15) is 61.3 Å². The van der Waals surface area contributed by atoms with Crippen LogP contribution >= 0.6 is 0 Å². The Labute approximate surface area is 187 Å². The average molecular weight is 487 g/mol. The maximum atomic E-state index is 10.9. The van der Waals surface area contributed by atoms with Crippen LogP contribution in [0.4, 0.5) is 0 Å². The predicted molar refractivity (Wildman–Crippen MR) is 99.7 cm³/mol. The van der Waals surface area contributed by atoms with Crippen molar-refractivity contribution < 1.29 is 75.5 Å². The van der Waals surface area contributed by atoms with Gasteiger partial charge in [0.25, 0.3) is 0 Å². The van der Waals surface area contributed by atoms with Crippen molar-refractivity contribution in [2.24, 2.45) is 0 Å². The predicted octanol–water partition coefficient (Wildman–Crippen LogP) is -7.95. The molecule has 3 saturated heterocycles. The summed E-state index contributed by atoms with van der Waals surface area (Å²) in [5.74, 6) is 0. The second-order valence-corrected chi connectivity index (χ2v) is 8.57. The fourth-order valence-electron chi connectivity index (χ4n) is 4.39. The monoisotopic (exact) mass is 487 g/mol. The molecule has 0 aromatic heterocycles. The molecule has 3 heterocycles. The second-order valence-electron chi connectivity index (χ2n) is 8.57. The Morgan fingerprint density at radius 1 is 0.667 bits per heavy atom. The second kappa shape index (κ2) is 10.2. The highest BCUT2D eigenvalue weighted by Crippen LogP contribution is 2.39. The number of hydrogen-bond donors (Lipinski definition) is 12. The van der Waals surface area contributed by atoms with Crippen LogP contribution < -0.4 is 0 Å². The Morgan fingerprint density at radius 3 is 1.73 bits per heavy atom. The summed E-state index contributed by atoms with van der Waals surface area (Å²) in [6.07, 6.45) is -25.6. The lowest BCUT2D eigenvalue weighted by Gasteiger charge is -2.52. The Balaban J connectivity index is 1.78. The topological polar surface area (TPSA) is 270 Å². The standard InChI is InChI=1S/C18H31O15/c19-1-4-6(21)8(23)10(25)15(32-4)12(27)14-13(28)16(29)18(30,3-31-14)17-11(26)9(24)7(22)5(2-20)33-17/h3-17,19-30H,1-2H2/t4-,5+,6-,7+,8+,9-,10-,11+,12?,13+,14+,15-,16-,17+,18?/m1/s1. The molecule has 15 nitrogen and oxygen atoms in total. The quantitative estimate of drug-likeness (QED) is 0.172. The van der Waals surface area contributed by atoms with E-state index in [1.807, 2.05) is 0 Å². The number of aliphatic hydroxyl groups excluding tert-OH is 11. The van der Waals surface area contributed by atoms with E-state index < -0.39 is 104 Å². The van der Waals surface area contributed by atoms with Crippen molar-refractivity contribution >= 4 is 0 Å². The molecule has 2 unspecified atom stereocenters. The molecule has 193 valence electrons. The van der Waals surface area contributed by atoms with Gasteiger partial charge in [0.2, 0.25) is 0 Å². The SMILES string of the molecule is OC[C@@H]1O[C@H](C2(O)[CH]O[C@@H](C(O)[C@@H]3O[C@H](CO)[C@@H](O)[C@H](O)[C@H]3O)[C@H](O)[C@H]2O)[C@@H](O)[C@H](O)[C@H]1O. The fraction of sp³-hybridized carbons (Fsp3) is 0.944. The molecule has 0 spiro atoms. The summed E-state index contributed by atoms with van der Waals surface area (Å²) in [4.78, 5) is 0. The van der Waals surface area contributed by atoms with Gasteiger partial charge in [-0.1, -0.05) is 0 Å². The van der Waals surface area contributed by atoms with Crippen LogP contribution in [0.3, 0.4) is 0 Å². The fourth-order valence-corrected chi connectivity index (χ4v) is 4.39. The molecule has 0 aromatic carbocycles. The van der Waals surface area contributed by atoms with E-state index in [-0.39, 0.29) is 0 Å². The van der Waals surface area contributed by atoms with Gasteiger partial charge in [-0.3, -0.25) is 0 Å². The Morgan fingerprint density at radius 2 is 1.18 bits per heavy atom. The molecule has 1 radical (unpaired) electrons. The van der Waals surface area contributed by atoms with Gasteiger partial charge in [-0.2, -0.15) is 0 Å². The Bertz CT molecular complexity index is 648. The highest BCUT2D eigenvalue weighted by Gasteiger charge is 2.62. The summed E-state index contributed by atoms with van der Waals surface area (Å²) in [6, 6.07) is 0. The molecular formula is C18H31O15. The number of hydrogen-bond acceptors (Lipinski definition) is 15. The molecular weight excluding hydrogens is 456 g/mol. The number of rotatable bonds is 5. The summed E-state index contributed by atoms with van der Waals surface area (Å²) in [6.45, 7) is -1.10. The van der Waals surface area contributed by atoms with Crippen molar-refractivity contribution in [2.45, 2.75) is 91.1 Å². The highest BCUT2D eigenvalue weighted by molar-refractivity contribution is 5.14. The lowest BCUT2D eigenvalue weighted by Crippen LogP contribution is -2.74. The van der Waals surface area contributed by atoms with E-state index in [0.29, 0.717) is 6.61 Å². The lowest BCUT2D eigenvalue weighted by molar-refractivity contribution is -0.319. The first-order chi connectivity index (χ1) is 15.4. The van der Waals surface area contributed by atoms with E-state index >= 15 is 0 Å². The molecule has 15 atom stereocenters. The minimum atomic E-state index is -2.71. The van der Waals surface area contributed by atoms with Gasteiger partial charge >= 0.3 is 0 Å². The van der Waals surface area contributed by atoms with Crippen molar-refractivity contribution in [1.29, 1.82) is 0 Å². The van der Waals surface area contributed by atoms with Gasteiger partial charge in [0, 0.05) is 0 Å². The summed E-state index contributed by atoms with van der Waals surface area (Å²) in [5, 5.41) is 121. The van der Waals surface area contributed by atoms with E-state index in [1.54, 1.807) is 0 Å². The van der Waals surface area contributed by atoms with Crippen LogP contribution in [-0.4, -0.2) is 166 Å². The number of ether oxygens (including phenoxy) is 3. The normalized spacial score (nSPS) is 54.7. The minimum Gasteiger partial charge on any atom is -0.394 e. The van der Waals surface area contributed by atoms with Crippen LogP contribution in [-0.2, 0) is 14.2 Å². The van der Waals surface area contributed by atoms with Gasteiger partial charge in [0.15, 0.2) is 5.60 Å². The van der Waals surface area contributed by atoms with E-state index in [1.165, 1.54) is 0 Å². The largest absolute Gasteiger partial charge is 0.394 e. The molecule has 33 heavy (non-hydrogen) atoms. The maximum absolute atomic E-state index is 10.9. The van der Waals surface area contributed by atoms with Crippen molar-refractivity contribution in [3.8, 4) is 0 Å². The molecule has 3 aliphatic rings. The molecule has 3 aliphatic heterocycles. The first kappa shape index (κ1) is 27.0. The zero-order valence-corrected chi connectivity index (χ0v) is 17.2. The summed E-state index contributed by atoms with van der Waals surface area (Å²) < 4.78 is 15.6. The van der Waals surface area contributed by atoms with Crippen LogP contribution in [0.25, 0.3) is 0 Å². The Kier molecular flexibility index (Phi) is 8.32. The molecule has 0 aliphatic carbocycles. The van der Waals surface area contributed by atoms with Gasteiger partial charge < -0.3 is 75.5 Å². The molecule has 12 N–H and O–H groups in total. The lowest BCUT2D eigenvalue weighted by atomic mass is 9.76. The third-order valence-electron chi connectivity index (χ3n) is 6.50. The van der Waals surface area contributed by atoms with Gasteiger partial charge in [0.05, 0.1) is 13.2 Å². The first-order valence-corrected chi connectivity index (χ1v) is 10.3. The summed E-state index contributed by atoms with van der Waals surface area (Å²) in [7, 11) is 0. The number of aliphatic hydroxyl groups is 12. The third-order valence-corrected chi connectivity index (χ3v) is 6.50. The summed E-state index contributed by atoms with van der Waals surface area (Å²) in [5.41, 5.74) is -2.71. The van der Waals surface area contributed by atoms with Gasteiger partial charge in [-0.15, -0.1) is 0 Å². The van der Waals surface area contributed by atoms with Crippen LogP contribution in [0.5, 0.6) is 0 Å². The maximum Gasteiger partial charge on any atom is 0.150 e. The van der Waals surface area contributed by atoms with Gasteiger partial charge in [0.1, 0.15) is 92.1 Å². The zero-order chi connectivity index (χ0) is 24.8. The Hall–Kier alpha value is -0.600. The molecule has 0 bridgehead atoms. The zero-order valence-electron chi connectivity index (χ0n) is 17.2. The van der Waals surface area contributed by atoms with E-state index in [4.69, 9.17) is 14.2 Å². The molecule has 0 amide bonds. The molecule has 0 saturated carbocycles. The smallest absolute Gasteiger partial charge is 0.150 e. The van der Waals surface area contributed by atoms with Crippen LogP contribution in [0, 0.1) is 6.61 Å².